The van der Waals surface area contributed by atoms with Gasteiger partial charge >= 0.3 is 0 Å². The van der Waals surface area contributed by atoms with Crippen molar-refractivity contribution in [1.29, 1.82) is 0 Å². The summed E-state index contributed by atoms with van der Waals surface area (Å²) in [6, 6.07) is 35.0. The van der Waals surface area contributed by atoms with E-state index in [1.165, 1.54) is 44.3 Å². The molecule has 5 aromatic carbocycles. The minimum atomic E-state index is -0.499. The van der Waals surface area contributed by atoms with Crippen molar-refractivity contribution in [3.05, 3.63) is 121 Å². The van der Waals surface area contributed by atoms with Crippen molar-refractivity contribution >= 4 is 32.3 Å². The van der Waals surface area contributed by atoms with E-state index in [-0.39, 0.29) is 18.4 Å². The van der Waals surface area contributed by atoms with Gasteiger partial charge in [-0.2, -0.15) is 0 Å². The number of hydrogen-bond acceptors (Lipinski definition) is 1. The van der Waals surface area contributed by atoms with Crippen LogP contribution in [0.4, 0.5) is 0 Å². The first-order chi connectivity index (χ1) is 18.2. The third-order valence-corrected chi connectivity index (χ3v) is 9.54. The predicted octanol–water partition coefficient (Wildman–Crippen LogP) is 4.80. The van der Waals surface area contributed by atoms with Crippen LogP contribution in [0.5, 0.6) is 0 Å². The van der Waals surface area contributed by atoms with Crippen molar-refractivity contribution in [2.45, 2.75) is 31.5 Å². The van der Waals surface area contributed by atoms with Crippen LogP contribution in [0, 0.1) is 11.8 Å². The van der Waals surface area contributed by atoms with Gasteiger partial charge in [-0.1, -0.05) is 97.1 Å². The molecular weight excluding hydrogens is 486 g/mol. The molecule has 3 fully saturated rings. The van der Waals surface area contributed by atoms with E-state index in [9.17, 15) is 5.11 Å². The Kier molecular flexibility index (Phi) is 6.52. The monoisotopic (exact) mass is 519 g/mol. The Morgan fingerprint density at radius 1 is 0.816 bits per heavy atom. The van der Waals surface area contributed by atoms with Crippen LogP contribution in [-0.4, -0.2) is 28.7 Å². The first kappa shape index (κ1) is 25.1. The molecule has 1 unspecified atom stereocenters. The average Bonchev–Trinajstić information content (AvgIpc) is 2.96. The molecule has 3 aliphatic rings. The molecule has 2 bridgehead atoms. The third kappa shape index (κ3) is 3.94. The molecule has 0 saturated carbocycles. The molecule has 3 saturated heterocycles. The average molecular weight is 520 g/mol. The van der Waals surface area contributed by atoms with Gasteiger partial charge in [-0.15, -0.1) is 6.58 Å². The summed E-state index contributed by atoms with van der Waals surface area (Å²) in [4.78, 5) is 0. The summed E-state index contributed by atoms with van der Waals surface area (Å²) in [5, 5.41) is 19.8. The van der Waals surface area contributed by atoms with Crippen molar-refractivity contribution in [2.75, 3.05) is 13.1 Å². The molecule has 0 amide bonds. The molecule has 5 atom stereocenters. The Bertz CT molecular complexity index is 1580. The van der Waals surface area contributed by atoms with Crippen LogP contribution in [0.1, 0.15) is 30.1 Å². The first-order valence-corrected chi connectivity index (χ1v) is 13.7. The SMILES string of the molecule is C=C[C@H]1C[N+]2(Cc3c4ccccc4cc4ccccc34)CC[C@H]1C[C@H]2[C@@H](O)c1cccc2ccccc12.[Cl-]. The fraction of sp³-hybridized carbons (Fsp3) is 0.257. The van der Waals surface area contributed by atoms with Gasteiger partial charge in [0.1, 0.15) is 18.7 Å². The van der Waals surface area contributed by atoms with Gasteiger partial charge in [-0.3, -0.25) is 0 Å². The number of quaternary nitrogens is 1. The molecule has 3 heterocycles. The minimum absolute atomic E-state index is 0. The van der Waals surface area contributed by atoms with Crippen LogP contribution in [0.3, 0.4) is 0 Å². The largest absolute Gasteiger partial charge is 1.00 e. The lowest BCUT2D eigenvalue weighted by molar-refractivity contribution is -0.984. The van der Waals surface area contributed by atoms with Crippen LogP contribution >= 0.6 is 0 Å². The maximum Gasteiger partial charge on any atom is 0.131 e. The quantitative estimate of drug-likeness (QED) is 0.201. The predicted molar refractivity (Wildman–Crippen MR) is 154 cm³/mol. The van der Waals surface area contributed by atoms with Crippen molar-refractivity contribution in [1.82, 2.24) is 0 Å². The van der Waals surface area contributed by atoms with Gasteiger partial charge in [0.15, 0.2) is 0 Å². The molecule has 3 heteroatoms. The van der Waals surface area contributed by atoms with Crippen molar-refractivity contribution in [2.24, 2.45) is 11.8 Å². The summed E-state index contributed by atoms with van der Waals surface area (Å²) in [6.07, 6.45) is 3.95. The highest BCUT2D eigenvalue weighted by molar-refractivity contribution is 6.02. The zero-order chi connectivity index (χ0) is 25.0. The van der Waals surface area contributed by atoms with E-state index in [4.69, 9.17) is 0 Å². The van der Waals surface area contributed by atoms with Crippen molar-refractivity contribution < 1.29 is 22.0 Å². The molecule has 0 aliphatic carbocycles. The van der Waals surface area contributed by atoms with Crippen molar-refractivity contribution in [3.8, 4) is 0 Å². The second-order valence-electron chi connectivity index (χ2n) is 11.3. The fourth-order valence-electron chi connectivity index (χ4n) is 7.69. The number of halogens is 1. The van der Waals surface area contributed by atoms with Crippen molar-refractivity contribution in [3.63, 3.8) is 0 Å². The first-order valence-electron chi connectivity index (χ1n) is 13.7. The normalized spacial score (nSPS) is 25.3. The van der Waals surface area contributed by atoms with Crippen LogP contribution < -0.4 is 12.4 Å². The Labute approximate surface area is 231 Å². The Morgan fingerprint density at radius 3 is 2.11 bits per heavy atom. The summed E-state index contributed by atoms with van der Waals surface area (Å²) in [5.74, 6) is 1.11. The van der Waals surface area contributed by atoms with Gasteiger partial charge in [-0.25, -0.2) is 0 Å². The molecule has 1 N–H and O–H groups in total. The van der Waals surface area contributed by atoms with Crippen LogP contribution in [-0.2, 0) is 6.54 Å². The minimum Gasteiger partial charge on any atom is -1.00 e. The molecule has 8 rings (SSSR count). The van der Waals surface area contributed by atoms with Crippen LogP contribution in [0.25, 0.3) is 32.3 Å². The lowest BCUT2D eigenvalue weighted by Crippen LogP contribution is -3.00. The van der Waals surface area contributed by atoms with E-state index >= 15 is 0 Å². The molecule has 5 aromatic rings. The molecule has 192 valence electrons. The number of aliphatic hydroxyl groups excluding tert-OH is 1. The van der Waals surface area contributed by atoms with Gasteiger partial charge in [-0.05, 0) is 49.9 Å². The van der Waals surface area contributed by atoms with E-state index in [0.29, 0.717) is 11.8 Å². The number of aliphatic hydroxyl groups is 1. The highest BCUT2D eigenvalue weighted by Crippen LogP contribution is 2.49. The maximum atomic E-state index is 12.2. The van der Waals surface area contributed by atoms with E-state index in [0.717, 1.165) is 36.1 Å². The van der Waals surface area contributed by atoms with Gasteiger partial charge < -0.3 is 22.0 Å². The highest BCUT2D eigenvalue weighted by atomic mass is 35.5. The number of fused-ring (bicyclic) bond motifs is 6. The summed E-state index contributed by atoms with van der Waals surface area (Å²) < 4.78 is 0.926. The zero-order valence-corrected chi connectivity index (χ0v) is 22.4. The molecule has 38 heavy (non-hydrogen) atoms. The standard InChI is InChI=1S/C35H34NO.ClH/c1-2-24-22-36(23-33-30-15-7-4-11-27(30)20-28-12-5-8-16-31(28)33)19-18-26(24)21-34(36)35(37)32-17-9-13-25-10-3-6-14-29(25)32;/h2-17,20,24,26,34-35,37H,1,18-19,21-23H2;1H/q+1;/p-1/t24-,26-,34-,35-,36?;/m0./s1. The van der Waals surface area contributed by atoms with E-state index in [1.807, 2.05) is 0 Å². The van der Waals surface area contributed by atoms with E-state index < -0.39 is 6.10 Å². The molecule has 3 aliphatic heterocycles. The topological polar surface area (TPSA) is 20.2 Å². The van der Waals surface area contributed by atoms with Crippen LogP contribution in [0.15, 0.2) is 110 Å². The lowest BCUT2D eigenvalue weighted by Gasteiger charge is -2.58. The van der Waals surface area contributed by atoms with Gasteiger partial charge in [0, 0.05) is 24.3 Å². The molecule has 2 nitrogen and oxygen atoms in total. The second-order valence-corrected chi connectivity index (χ2v) is 11.3. The summed E-state index contributed by atoms with van der Waals surface area (Å²) in [5.41, 5.74) is 2.50. The van der Waals surface area contributed by atoms with E-state index in [1.54, 1.807) is 0 Å². The zero-order valence-electron chi connectivity index (χ0n) is 21.6. The van der Waals surface area contributed by atoms with E-state index in [2.05, 4.69) is 110 Å². The van der Waals surface area contributed by atoms with Gasteiger partial charge in [0.2, 0.25) is 0 Å². The molecular formula is C35H34ClNO. The Morgan fingerprint density at radius 2 is 1.42 bits per heavy atom. The summed E-state index contributed by atoms with van der Waals surface area (Å²) >= 11 is 0. The number of nitrogens with zero attached hydrogens (tertiary/aromatic N) is 1. The second kappa shape index (κ2) is 9.85. The van der Waals surface area contributed by atoms with Gasteiger partial charge in [0.25, 0.3) is 0 Å². The van der Waals surface area contributed by atoms with Crippen LogP contribution in [0.2, 0.25) is 0 Å². The third-order valence-electron chi connectivity index (χ3n) is 9.54. The van der Waals surface area contributed by atoms with Gasteiger partial charge in [0.05, 0.1) is 13.1 Å². The number of hydrogen-bond donors (Lipinski definition) is 1. The number of piperidine rings is 3. The molecule has 0 radical (unpaired) electrons. The Balaban J connectivity index is 0.00000264. The molecule has 0 aromatic heterocycles. The highest BCUT2D eigenvalue weighted by Gasteiger charge is 2.54. The molecule has 0 spiro atoms. The number of benzene rings is 5. The summed E-state index contributed by atoms with van der Waals surface area (Å²) in [7, 11) is 0. The maximum absolute atomic E-state index is 12.2. The fourth-order valence-corrected chi connectivity index (χ4v) is 7.69. The smallest absolute Gasteiger partial charge is 0.131 e. The Hall–Kier alpha value is -3.17. The number of rotatable bonds is 5. The lowest BCUT2D eigenvalue weighted by atomic mass is 9.70. The summed E-state index contributed by atoms with van der Waals surface area (Å²) in [6.45, 7) is 7.34.